The Bertz CT molecular complexity index is 958. The molecular formula is C13H10ClN5O3S2. The van der Waals surface area contributed by atoms with Crippen LogP contribution in [0.3, 0.4) is 0 Å². The van der Waals surface area contributed by atoms with Gasteiger partial charge in [-0.1, -0.05) is 34.7 Å². The van der Waals surface area contributed by atoms with Gasteiger partial charge >= 0.3 is 0 Å². The molecular weight excluding hydrogens is 374 g/mol. The van der Waals surface area contributed by atoms with Crippen LogP contribution in [0.1, 0.15) is 0 Å². The summed E-state index contributed by atoms with van der Waals surface area (Å²) in [7, 11) is 1.51. The number of hydrogen-bond acceptors (Lipinski definition) is 8. The molecule has 3 rings (SSSR count). The van der Waals surface area contributed by atoms with Crippen LogP contribution in [0.25, 0.3) is 4.96 Å². The third-order valence-electron chi connectivity index (χ3n) is 2.82. The van der Waals surface area contributed by atoms with Crippen LogP contribution in [-0.2, 0) is 4.79 Å². The third kappa shape index (κ3) is 3.66. The molecule has 0 fully saturated rings. The molecule has 24 heavy (non-hydrogen) atoms. The van der Waals surface area contributed by atoms with E-state index in [1.165, 1.54) is 30.2 Å². The fourth-order valence-electron chi connectivity index (χ4n) is 1.80. The number of methoxy groups -OCH3 is 1. The minimum Gasteiger partial charge on any atom is -0.495 e. The van der Waals surface area contributed by atoms with Crippen molar-refractivity contribution in [3.05, 3.63) is 39.8 Å². The molecule has 124 valence electrons. The second-order valence-corrected chi connectivity index (χ2v) is 7.04. The van der Waals surface area contributed by atoms with E-state index in [0.717, 1.165) is 10.7 Å². The lowest BCUT2D eigenvalue weighted by atomic mass is 10.3. The van der Waals surface area contributed by atoms with Crippen molar-refractivity contribution in [2.75, 3.05) is 18.2 Å². The Morgan fingerprint density at radius 2 is 2.33 bits per heavy atom. The van der Waals surface area contributed by atoms with E-state index >= 15 is 0 Å². The maximum atomic E-state index is 12.1. The molecule has 0 unspecified atom stereocenters. The van der Waals surface area contributed by atoms with E-state index in [4.69, 9.17) is 16.3 Å². The molecule has 0 spiro atoms. The number of carbonyl (C=O) groups excluding carboxylic acids is 1. The number of amides is 1. The number of anilines is 1. The average molecular weight is 384 g/mol. The Hall–Kier alpha value is -2.17. The first-order chi connectivity index (χ1) is 11.6. The van der Waals surface area contributed by atoms with Crippen LogP contribution in [0.4, 0.5) is 5.69 Å². The molecule has 1 aromatic carbocycles. The number of nitrogens with one attached hydrogen (secondary N) is 1. The average Bonchev–Trinajstić information content (AvgIpc) is 2.98. The number of aromatic nitrogens is 4. The first-order valence-corrected chi connectivity index (χ1v) is 8.72. The van der Waals surface area contributed by atoms with Gasteiger partial charge in [0.05, 0.1) is 18.6 Å². The van der Waals surface area contributed by atoms with E-state index in [1.54, 1.807) is 18.2 Å². The molecule has 0 bridgehead atoms. The zero-order valence-electron chi connectivity index (χ0n) is 12.2. The Balaban J connectivity index is 1.68. The highest BCUT2D eigenvalue weighted by molar-refractivity contribution is 8.01. The summed E-state index contributed by atoms with van der Waals surface area (Å²) in [5.74, 6) is 0.371. The lowest BCUT2D eigenvalue weighted by Gasteiger charge is -2.09. The van der Waals surface area contributed by atoms with Crippen molar-refractivity contribution in [2.45, 2.75) is 4.34 Å². The number of halogens is 1. The van der Waals surface area contributed by atoms with Gasteiger partial charge in [-0.05, 0) is 18.2 Å². The third-order valence-corrected chi connectivity index (χ3v) is 5.09. The lowest BCUT2D eigenvalue weighted by molar-refractivity contribution is -0.113. The van der Waals surface area contributed by atoms with E-state index in [0.29, 0.717) is 25.8 Å². The van der Waals surface area contributed by atoms with Gasteiger partial charge in [-0.15, -0.1) is 10.2 Å². The van der Waals surface area contributed by atoms with E-state index in [9.17, 15) is 9.59 Å². The Labute approximate surface area is 148 Å². The molecule has 0 saturated heterocycles. The summed E-state index contributed by atoms with van der Waals surface area (Å²) in [6.45, 7) is 0. The molecule has 0 aliphatic carbocycles. The molecule has 1 N–H and O–H groups in total. The standard InChI is InChI=1S/C13H10ClN5O3S2/c1-22-9-3-2-7(14)4-8(9)16-10(20)6-23-13-18-19-11(21)5-15-17-12(19)24-13/h2-5H,6H2,1H3,(H,16,20). The predicted octanol–water partition coefficient (Wildman–Crippen LogP) is 1.94. The summed E-state index contributed by atoms with van der Waals surface area (Å²) in [6, 6.07) is 4.95. The molecule has 8 nitrogen and oxygen atoms in total. The summed E-state index contributed by atoms with van der Waals surface area (Å²) in [5, 5.41) is 14.7. The first-order valence-electron chi connectivity index (χ1n) is 6.54. The number of nitrogens with zero attached hydrogens (tertiary/aromatic N) is 4. The van der Waals surface area contributed by atoms with Crippen molar-refractivity contribution >= 4 is 51.3 Å². The largest absolute Gasteiger partial charge is 0.495 e. The van der Waals surface area contributed by atoms with Crippen LogP contribution >= 0.6 is 34.7 Å². The van der Waals surface area contributed by atoms with Gasteiger partial charge in [0.15, 0.2) is 4.34 Å². The van der Waals surface area contributed by atoms with Gasteiger partial charge < -0.3 is 10.1 Å². The molecule has 0 radical (unpaired) electrons. The number of ether oxygens (including phenoxy) is 1. The zero-order valence-corrected chi connectivity index (χ0v) is 14.6. The van der Waals surface area contributed by atoms with Crippen LogP contribution in [0, 0.1) is 0 Å². The van der Waals surface area contributed by atoms with Gasteiger partial charge in [0.1, 0.15) is 11.9 Å². The number of hydrogen-bond donors (Lipinski definition) is 1. The van der Waals surface area contributed by atoms with Crippen molar-refractivity contribution in [3.63, 3.8) is 0 Å². The second-order valence-electron chi connectivity index (χ2n) is 4.43. The SMILES string of the molecule is COc1ccc(Cl)cc1NC(=O)CSc1nn2c(=O)cnnc2s1. The predicted molar refractivity (Wildman–Crippen MR) is 92.3 cm³/mol. The first kappa shape index (κ1) is 16.7. The quantitative estimate of drug-likeness (QED) is 0.672. The number of carbonyl (C=O) groups is 1. The molecule has 3 aromatic rings. The van der Waals surface area contributed by atoms with Gasteiger partial charge in [-0.2, -0.15) is 9.61 Å². The normalized spacial score (nSPS) is 10.8. The van der Waals surface area contributed by atoms with Crippen molar-refractivity contribution in [3.8, 4) is 5.75 Å². The van der Waals surface area contributed by atoms with Gasteiger partial charge in [-0.3, -0.25) is 9.59 Å². The highest BCUT2D eigenvalue weighted by Gasteiger charge is 2.12. The maximum Gasteiger partial charge on any atom is 0.293 e. The minimum atomic E-state index is -0.365. The highest BCUT2D eigenvalue weighted by atomic mass is 35.5. The van der Waals surface area contributed by atoms with Crippen LogP contribution in [0.5, 0.6) is 5.75 Å². The smallest absolute Gasteiger partial charge is 0.293 e. The van der Waals surface area contributed by atoms with Crippen LogP contribution in [0.2, 0.25) is 5.02 Å². The summed E-state index contributed by atoms with van der Waals surface area (Å²) >= 11 is 8.30. The van der Waals surface area contributed by atoms with E-state index in [-0.39, 0.29) is 17.2 Å². The van der Waals surface area contributed by atoms with Crippen LogP contribution < -0.4 is 15.6 Å². The Morgan fingerprint density at radius 3 is 3.08 bits per heavy atom. The topological polar surface area (TPSA) is 98.5 Å². The summed E-state index contributed by atoms with van der Waals surface area (Å²) in [6.07, 6.45) is 1.08. The molecule has 1 amide bonds. The van der Waals surface area contributed by atoms with Crippen molar-refractivity contribution in [1.82, 2.24) is 19.8 Å². The molecule has 2 aromatic heterocycles. The summed E-state index contributed by atoms with van der Waals surface area (Å²) in [5.41, 5.74) is 0.123. The Morgan fingerprint density at radius 1 is 1.50 bits per heavy atom. The van der Waals surface area contributed by atoms with Crippen LogP contribution in [0.15, 0.2) is 33.5 Å². The fraction of sp³-hybridized carbons (Fsp3) is 0.154. The molecule has 0 saturated carbocycles. The van der Waals surface area contributed by atoms with Gasteiger partial charge in [0.2, 0.25) is 10.9 Å². The zero-order chi connectivity index (χ0) is 17.1. The lowest BCUT2D eigenvalue weighted by Crippen LogP contribution is -2.15. The molecule has 0 aliphatic heterocycles. The summed E-state index contributed by atoms with van der Waals surface area (Å²) < 4.78 is 6.87. The van der Waals surface area contributed by atoms with Crippen molar-refractivity contribution in [2.24, 2.45) is 0 Å². The van der Waals surface area contributed by atoms with E-state index in [1.807, 2.05) is 0 Å². The fourth-order valence-corrected chi connectivity index (χ4v) is 3.66. The molecule has 0 aliphatic rings. The molecule has 2 heterocycles. The number of rotatable bonds is 5. The summed E-state index contributed by atoms with van der Waals surface area (Å²) in [4.78, 5) is 24.0. The van der Waals surface area contributed by atoms with Gasteiger partial charge in [0.25, 0.3) is 5.56 Å². The van der Waals surface area contributed by atoms with Crippen LogP contribution in [-0.4, -0.2) is 38.6 Å². The number of thioether (sulfide) groups is 1. The monoisotopic (exact) mass is 383 g/mol. The second kappa shape index (κ2) is 7.16. The van der Waals surface area contributed by atoms with E-state index < -0.39 is 0 Å². The molecule has 0 atom stereocenters. The van der Waals surface area contributed by atoms with Gasteiger partial charge in [-0.25, -0.2) is 0 Å². The van der Waals surface area contributed by atoms with Gasteiger partial charge in [0, 0.05) is 5.02 Å². The molecule has 11 heteroatoms. The van der Waals surface area contributed by atoms with Crippen molar-refractivity contribution in [1.29, 1.82) is 0 Å². The Kier molecular flexibility index (Phi) is 4.97. The highest BCUT2D eigenvalue weighted by Crippen LogP contribution is 2.28. The van der Waals surface area contributed by atoms with Crippen molar-refractivity contribution < 1.29 is 9.53 Å². The number of benzene rings is 1. The maximum absolute atomic E-state index is 12.1. The minimum absolute atomic E-state index is 0.109. The number of fused-ring (bicyclic) bond motifs is 1. The van der Waals surface area contributed by atoms with E-state index in [2.05, 4.69) is 20.6 Å².